The number of amides is 3. The number of hydrogen-bond donors (Lipinski definition) is 1. The number of carbonyl (C=O) groups is 3. The van der Waals surface area contributed by atoms with E-state index in [0.717, 1.165) is 0 Å². The van der Waals surface area contributed by atoms with Gasteiger partial charge in [0.2, 0.25) is 11.8 Å². The number of carbonyl (C=O) groups excluding carboxylic acids is 3. The topological polar surface area (TPSA) is 69.7 Å². The molecule has 1 aromatic carbocycles. The van der Waals surface area contributed by atoms with Gasteiger partial charge in [-0.2, -0.15) is 0 Å². The summed E-state index contributed by atoms with van der Waals surface area (Å²) in [6.07, 6.45) is 0.275. The first-order chi connectivity index (χ1) is 11.5. The van der Waals surface area contributed by atoms with Gasteiger partial charge in [-0.1, -0.05) is 32.0 Å². The largest absolute Gasteiger partial charge is 0.352 e. The van der Waals surface area contributed by atoms with E-state index in [1.165, 1.54) is 0 Å². The maximum atomic E-state index is 12.2. The molecule has 6 nitrogen and oxygen atoms in total. The van der Waals surface area contributed by atoms with Crippen LogP contribution in [-0.2, 0) is 9.59 Å². The summed E-state index contributed by atoms with van der Waals surface area (Å²) in [5.41, 5.74) is 0.589. The molecule has 24 heavy (non-hydrogen) atoms. The van der Waals surface area contributed by atoms with Crippen LogP contribution in [0.5, 0.6) is 0 Å². The van der Waals surface area contributed by atoms with Gasteiger partial charge in [0.1, 0.15) is 0 Å². The van der Waals surface area contributed by atoms with E-state index < -0.39 is 0 Å². The second-order valence-electron chi connectivity index (χ2n) is 6.23. The Morgan fingerprint density at radius 3 is 2.17 bits per heavy atom. The molecular formula is C18H25N3O3. The maximum absolute atomic E-state index is 12.2. The van der Waals surface area contributed by atoms with Gasteiger partial charge >= 0.3 is 0 Å². The van der Waals surface area contributed by atoms with Crippen molar-refractivity contribution in [2.45, 2.75) is 20.3 Å². The first kappa shape index (κ1) is 18.0. The highest BCUT2D eigenvalue weighted by Gasteiger charge is 2.25. The molecule has 1 saturated heterocycles. The van der Waals surface area contributed by atoms with Crippen molar-refractivity contribution in [1.29, 1.82) is 0 Å². The monoisotopic (exact) mass is 331 g/mol. The van der Waals surface area contributed by atoms with E-state index in [0.29, 0.717) is 38.3 Å². The summed E-state index contributed by atoms with van der Waals surface area (Å²) in [5, 5.41) is 2.76. The quantitative estimate of drug-likeness (QED) is 0.879. The molecule has 0 radical (unpaired) electrons. The molecule has 1 aliphatic heterocycles. The number of rotatable bonds is 5. The van der Waals surface area contributed by atoms with Crippen LogP contribution >= 0.6 is 0 Å². The van der Waals surface area contributed by atoms with Crippen molar-refractivity contribution in [3.63, 3.8) is 0 Å². The van der Waals surface area contributed by atoms with Crippen LogP contribution in [0.3, 0.4) is 0 Å². The predicted molar refractivity (Wildman–Crippen MR) is 91.4 cm³/mol. The Hall–Kier alpha value is -2.37. The van der Waals surface area contributed by atoms with Crippen molar-refractivity contribution in [1.82, 2.24) is 15.1 Å². The predicted octanol–water partition coefficient (Wildman–Crippen LogP) is 1.13. The van der Waals surface area contributed by atoms with Gasteiger partial charge < -0.3 is 15.1 Å². The smallest absolute Gasteiger partial charge is 0.251 e. The van der Waals surface area contributed by atoms with Gasteiger partial charge in [0, 0.05) is 50.6 Å². The van der Waals surface area contributed by atoms with E-state index in [9.17, 15) is 14.4 Å². The minimum atomic E-state index is -0.171. The third kappa shape index (κ3) is 4.81. The number of nitrogens with one attached hydrogen (secondary N) is 1. The standard InChI is InChI=1S/C18H25N3O3/c1-14(2)18(24)21-12-10-20(11-13-21)16(22)8-9-19-17(23)15-6-4-3-5-7-15/h3-7,14H,8-13H2,1-2H3,(H,19,23). The van der Waals surface area contributed by atoms with Gasteiger partial charge in [-0.15, -0.1) is 0 Å². The summed E-state index contributed by atoms with van der Waals surface area (Å²) < 4.78 is 0. The third-order valence-electron chi connectivity index (χ3n) is 4.10. The van der Waals surface area contributed by atoms with Crippen LogP contribution in [-0.4, -0.2) is 60.2 Å². The highest BCUT2D eigenvalue weighted by Crippen LogP contribution is 2.08. The van der Waals surface area contributed by atoms with E-state index in [-0.39, 0.29) is 30.1 Å². The molecule has 1 aliphatic rings. The summed E-state index contributed by atoms with van der Waals surface area (Å²) in [6, 6.07) is 8.93. The summed E-state index contributed by atoms with van der Waals surface area (Å²) >= 11 is 0. The van der Waals surface area contributed by atoms with Crippen LogP contribution in [0.15, 0.2) is 30.3 Å². The van der Waals surface area contributed by atoms with Gasteiger partial charge in [0.05, 0.1) is 0 Å². The molecule has 0 aliphatic carbocycles. The van der Waals surface area contributed by atoms with E-state index in [1.54, 1.807) is 29.2 Å². The van der Waals surface area contributed by atoms with Crippen molar-refractivity contribution in [3.8, 4) is 0 Å². The molecule has 6 heteroatoms. The molecule has 130 valence electrons. The molecule has 1 N–H and O–H groups in total. The molecule has 2 rings (SSSR count). The lowest BCUT2D eigenvalue weighted by Crippen LogP contribution is -2.51. The van der Waals surface area contributed by atoms with Gasteiger partial charge in [0.25, 0.3) is 5.91 Å². The van der Waals surface area contributed by atoms with Crippen molar-refractivity contribution in [2.24, 2.45) is 5.92 Å². The van der Waals surface area contributed by atoms with E-state index in [4.69, 9.17) is 0 Å². The first-order valence-corrected chi connectivity index (χ1v) is 8.39. The lowest BCUT2D eigenvalue weighted by Gasteiger charge is -2.35. The molecule has 0 spiro atoms. The molecule has 0 aromatic heterocycles. The number of benzene rings is 1. The van der Waals surface area contributed by atoms with Crippen molar-refractivity contribution in [2.75, 3.05) is 32.7 Å². The molecule has 0 saturated carbocycles. The summed E-state index contributed by atoms with van der Waals surface area (Å²) in [7, 11) is 0. The Morgan fingerprint density at radius 2 is 1.58 bits per heavy atom. The fourth-order valence-electron chi connectivity index (χ4n) is 2.67. The zero-order valence-corrected chi connectivity index (χ0v) is 14.3. The molecule has 0 bridgehead atoms. The number of hydrogen-bond acceptors (Lipinski definition) is 3. The van der Waals surface area contributed by atoms with Crippen molar-refractivity contribution >= 4 is 17.7 Å². The van der Waals surface area contributed by atoms with Gasteiger partial charge in [-0.25, -0.2) is 0 Å². The molecule has 1 heterocycles. The van der Waals surface area contributed by atoms with E-state index >= 15 is 0 Å². The van der Waals surface area contributed by atoms with Crippen LogP contribution in [0.4, 0.5) is 0 Å². The molecule has 3 amide bonds. The minimum absolute atomic E-state index is 0.0135. The van der Waals surface area contributed by atoms with E-state index in [2.05, 4.69) is 5.32 Å². The number of nitrogens with zero attached hydrogens (tertiary/aromatic N) is 2. The number of piperazine rings is 1. The average Bonchev–Trinajstić information content (AvgIpc) is 2.61. The lowest BCUT2D eigenvalue weighted by atomic mass is 10.1. The Labute approximate surface area is 142 Å². The van der Waals surface area contributed by atoms with Crippen LogP contribution in [0.1, 0.15) is 30.6 Å². The van der Waals surface area contributed by atoms with Crippen molar-refractivity contribution < 1.29 is 14.4 Å². The molecular weight excluding hydrogens is 306 g/mol. The highest BCUT2D eigenvalue weighted by molar-refractivity contribution is 5.94. The molecule has 1 aromatic rings. The Morgan fingerprint density at radius 1 is 1.00 bits per heavy atom. The molecule has 1 fully saturated rings. The Bertz CT molecular complexity index is 578. The van der Waals surface area contributed by atoms with Crippen LogP contribution < -0.4 is 5.32 Å². The zero-order chi connectivity index (χ0) is 17.5. The lowest BCUT2D eigenvalue weighted by molar-refractivity contribution is -0.141. The first-order valence-electron chi connectivity index (χ1n) is 8.39. The average molecular weight is 331 g/mol. The molecule has 0 unspecified atom stereocenters. The zero-order valence-electron chi connectivity index (χ0n) is 14.3. The van der Waals surface area contributed by atoms with Crippen LogP contribution in [0, 0.1) is 5.92 Å². The van der Waals surface area contributed by atoms with Gasteiger partial charge in [-0.3, -0.25) is 14.4 Å². The Balaban J connectivity index is 1.70. The highest BCUT2D eigenvalue weighted by atomic mass is 16.2. The fraction of sp³-hybridized carbons (Fsp3) is 0.500. The van der Waals surface area contributed by atoms with Gasteiger partial charge in [-0.05, 0) is 12.1 Å². The van der Waals surface area contributed by atoms with Gasteiger partial charge in [0.15, 0.2) is 0 Å². The second-order valence-corrected chi connectivity index (χ2v) is 6.23. The minimum Gasteiger partial charge on any atom is -0.352 e. The van der Waals surface area contributed by atoms with Crippen LogP contribution in [0.25, 0.3) is 0 Å². The van der Waals surface area contributed by atoms with Crippen LogP contribution in [0.2, 0.25) is 0 Å². The maximum Gasteiger partial charge on any atom is 0.251 e. The summed E-state index contributed by atoms with van der Waals surface area (Å²) in [6.45, 7) is 6.37. The summed E-state index contributed by atoms with van der Waals surface area (Å²) in [4.78, 5) is 39.6. The second kappa shape index (κ2) is 8.47. The normalized spacial score (nSPS) is 14.6. The SMILES string of the molecule is CC(C)C(=O)N1CCN(C(=O)CCNC(=O)c2ccccc2)CC1. The van der Waals surface area contributed by atoms with E-state index in [1.807, 2.05) is 24.8 Å². The summed E-state index contributed by atoms with van der Waals surface area (Å²) in [5.74, 6) is -0.0339. The Kier molecular flexibility index (Phi) is 6.35. The van der Waals surface area contributed by atoms with Crippen molar-refractivity contribution in [3.05, 3.63) is 35.9 Å². The molecule has 0 atom stereocenters. The third-order valence-corrected chi connectivity index (χ3v) is 4.10. The fourth-order valence-corrected chi connectivity index (χ4v) is 2.67.